The molecule has 1 unspecified atom stereocenters. The van der Waals surface area contributed by atoms with E-state index in [9.17, 15) is 9.59 Å². The van der Waals surface area contributed by atoms with Crippen LogP contribution in [0.25, 0.3) is 11.6 Å². The summed E-state index contributed by atoms with van der Waals surface area (Å²) < 4.78 is 10.9. The summed E-state index contributed by atoms with van der Waals surface area (Å²) in [7, 11) is 1.57. The van der Waals surface area contributed by atoms with Crippen molar-refractivity contribution in [2.45, 2.75) is 13.0 Å². The maximum absolute atomic E-state index is 13.0. The Balaban J connectivity index is 1.84. The molecule has 5 nitrogen and oxygen atoms in total. The van der Waals surface area contributed by atoms with Crippen molar-refractivity contribution in [3.8, 4) is 5.75 Å². The van der Waals surface area contributed by atoms with E-state index in [4.69, 9.17) is 9.47 Å². The fraction of sp³-hybridized carbons (Fsp3) is 0.120. The molecule has 1 atom stereocenters. The smallest absolute Gasteiger partial charge is 0.339 e. The Bertz CT molecular complexity index is 1030. The van der Waals surface area contributed by atoms with E-state index in [1.54, 1.807) is 32.2 Å². The number of methoxy groups -OCH3 is 1. The van der Waals surface area contributed by atoms with Gasteiger partial charge < -0.3 is 14.8 Å². The molecule has 0 aliphatic carbocycles. The Morgan fingerprint density at radius 3 is 2.13 bits per heavy atom. The zero-order valence-electron chi connectivity index (χ0n) is 16.9. The molecule has 3 aromatic carbocycles. The van der Waals surface area contributed by atoms with E-state index in [1.165, 1.54) is 0 Å². The molecule has 30 heavy (non-hydrogen) atoms. The monoisotopic (exact) mass is 401 g/mol. The highest BCUT2D eigenvalue weighted by Crippen LogP contribution is 2.26. The van der Waals surface area contributed by atoms with Gasteiger partial charge in [0.25, 0.3) is 5.91 Å². The molecular formula is C25H23NO4. The maximum atomic E-state index is 13.0. The van der Waals surface area contributed by atoms with Crippen molar-refractivity contribution in [1.29, 1.82) is 0 Å². The highest BCUT2D eigenvalue weighted by atomic mass is 16.5. The number of carbonyl (C=O) groups is 2. The van der Waals surface area contributed by atoms with Gasteiger partial charge in [0.15, 0.2) is 6.10 Å². The summed E-state index contributed by atoms with van der Waals surface area (Å²) in [5.74, 6) is -0.365. The SMILES string of the molecule is COc1ccccc1/C=C(/C(=O)OC(C)C(=O)Nc1ccccc1)c1ccccc1. The highest BCUT2D eigenvalue weighted by Gasteiger charge is 2.22. The summed E-state index contributed by atoms with van der Waals surface area (Å²) in [6, 6.07) is 25.6. The minimum atomic E-state index is -0.970. The van der Waals surface area contributed by atoms with E-state index < -0.39 is 18.0 Å². The van der Waals surface area contributed by atoms with Gasteiger partial charge in [-0.1, -0.05) is 66.7 Å². The molecule has 152 valence electrons. The minimum absolute atomic E-state index is 0.333. The molecule has 0 heterocycles. The lowest BCUT2D eigenvalue weighted by Crippen LogP contribution is -2.30. The summed E-state index contributed by atoms with van der Waals surface area (Å²) >= 11 is 0. The van der Waals surface area contributed by atoms with Crippen LogP contribution >= 0.6 is 0 Å². The molecule has 0 radical (unpaired) electrons. The second-order valence-corrected chi connectivity index (χ2v) is 6.57. The second-order valence-electron chi connectivity index (χ2n) is 6.57. The van der Waals surface area contributed by atoms with Crippen LogP contribution in [0, 0.1) is 0 Å². The first-order chi connectivity index (χ1) is 14.6. The lowest BCUT2D eigenvalue weighted by molar-refractivity contribution is -0.147. The largest absolute Gasteiger partial charge is 0.496 e. The summed E-state index contributed by atoms with van der Waals surface area (Å²) in [4.78, 5) is 25.4. The van der Waals surface area contributed by atoms with E-state index in [2.05, 4.69) is 5.32 Å². The first kappa shape index (κ1) is 20.9. The van der Waals surface area contributed by atoms with E-state index in [0.29, 0.717) is 22.6 Å². The van der Waals surface area contributed by atoms with Gasteiger partial charge in [-0.05, 0) is 36.8 Å². The van der Waals surface area contributed by atoms with Crippen LogP contribution in [0.4, 0.5) is 5.69 Å². The Morgan fingerprint density at radius 2 is 1.47 bits per heavy atom. The zero-order valence-corrected chi connectivity index (χ0v) is 16.9. The van der Waals surface area contributed by atoms with Gasteiger partial charge in [-0.2, -0.15) is 0 Å². The third-order valence-electron chi connectivity index (χ3n) is 4.44. The van der Waals surface area contributed by atoms with Crippen molar-refractivity contribution in [2.75, 3.05) is 12.4 Å². The van der Waals surface area contributed by atoms with Crippen LogP contribution in [0.2, 0.25) is 0 Å². The summed E-state index contributed by atoms with van der Waals surface area (Å²) in [5.41, 5.74) is 2.39. The molecule has 3 aromatic rings. The predicted octanol–water partition coefficient (Wildman–Crippen LogP) is 4.81. The number of ether oxygens (including phenoxy) is 2. The number of hydrogen-bond donors (Lipinski definition) is 1. The fourth-order valence-electron chi connectivity index (χ4n) is 2.86. The number of nitrogens with one attached hydrogen (secondary N) is 1. The van der Waals surface area contributed by atoms with Crippen molar-refractivity contribution in [3.05, 3.63) is 96.1 Å². The van der Waals surface area contributed by atoms with Gasteiger partial charge in [0.05, 0.1) is 12.7 Å². The van der Waals surface area contributed by atoms with Crippen LogP contribution < -0.4 is 10.1 Å². The minimum Gasteiger partial charge on any atom is -0.496 e. The van der Waals surface area contributed by atoms with Gasteiger partial charge >= 0.3 is 5.97 Å². The number of carbonyl (C=O) groups excluding carboxylic acids is 2. The molecule has 5 heteroatoms. The molecule has 0 aromatic heterocycles. The lowest BCUT2D eigenvalue weighted by Gasteiger charge is -2.15. The summed E-state index contributed by atoms with van der Waals surface area (Å²) in [5, 5.41) is 2.74. The van der Waals surface area contributed by atoms with Crippen LogP contribution in [0.15, 0.2) is 84.9 Å². The lowest BCUT2D eigenvalue weighted by atomic mass is 10.0. The Kier molecular flexibility index (Phi) is 7.00. The Labute approximate surface area is 176 Å². The molecular weight excluding hydrogens is 378 g/mol. The normalized spacial score (nSPS) is 12.0. The Hall–Kier alpha value is -3.86. The van der Waals surface area contributed by atoms with Crippen molar-refractivity contribution in [1.82, 2.24) is 0 Å². The average molecular weight is 401 g/mol. The number of hydrogen-bond acceptors (Lipinski definition) is 4. The molecule has 0 spiro atoms. The van der Waals surface area contributed by atoms with E-state index >= 15 is 0 Å². The number of rotatable bonds is 7. The molecule has 0 bridgehead atoms. The van der Waals surface area contributed by atoms with Crippen molar-refractivity contribution in [2.24, 2.45) is 0 Å². The number of para-hydroxylation sites is 2. The molecule has 3 rings (SSSR count). The first-order valence-corrected chi connectivity index (χ1v) is 9.55. The van der Waals surface area contributed by atoms with Crippen LogP contribution in [0.1, 0.15) is 18.1 Å². The quantitative estimate of drug-likeness (QED) is 0.351. The molecule has 1 amide bonds. The van der Waals surface area contributed by atoms with Crippen LogP contribution in [-0.2, 0) is 14.3 Å². The topological polar surface area (TPSA) is 64.6 Å². The maximum Gasteiger partial charge on any atom is 0.339 e. The first-order valence-electron chi connectivity index (χ1n) is 9.55. The fourth-order valence-corrected chi connectivity index (χ4v) is 2.86. The van der Waals surface area contributed by atoms with E-state index in [1.807, 2.05) is 72.8 Å². The molecule has 0 fully saturated rings. The number of esters is 1. The molecule has 0 aliphatic rings. The van der Waals surface area contributed by atoms with Gasteiger partial charge in [0.1, 0.15) is 5.75 Å². The summed E-state index contributed by atoms with van der Waals surface area (Å²) in [6.45, 7) is 1.54. The summed E-state index contributed by atoms with van der Waals surface area (Å²) in [6.07, 6.45) is 0.737. The third kappa shape index (κ3) is 5.35. The third-order valence-corrected chi connectivity index (χ3v) is 4.44. The second kappa shape index (κ2) is 10.1. The van der Waals surface area contributed by atoms with Crippen molar-refractivity contribution < 1.29 is 19.1 Å². The Morgan fingerprint density at radius 1 is 0.867 bits per heavy atom. The number of anilines is 1. The predicted molar refractivity (Wildman–Crippen MR) is 118 cm³/mol. The van der Waals surface area contributed by atoms with Crippen LogP contribution in [-0.4, -0.2) is 25.1 Å². The number of benzene rings is 3. The highest BCUT2D eigenvalue weighted by molar-refractivity contribution is 6.22. The van der Waals surface area contributed by atoms with Gasteiger partial charge in [-0.25, -0.2) is 4.79 Å². The standard InChI is InChI=1S/C25H23NO4/c1-18(24(27)26-21-14-7-4-8-15-21)30-25(28)22(19-11-5-3-6-12-19)17-20-13-9-10-16-23(20)29-2/h3-18H,1-2H3,(H,26,27)/b22-17+. The molecule has 0 saturated carbocycles. The van der Waals surface area contributed by atoms with Crippen molar-refractivity contribution in [3.63, 3.8) is 0 Å². The molecule has 0 aliphatic heterocycles. The zero-order chi connectivity index (χ0) is 21.3. The van der Waals surface area contributed by atoms with Gasteiger partial charge in [0, 0.05) is 11.3 Å². The van der Waals surface area contributed by atoms with E-state index in [-0.39, 0.29) is 0 Å². The van der Waals surface area contributed by atoms with Crippen LogP contribution in [0.3, 0.4) is 0 Å². The average Bonchev–Trinajstić information content (AvgIpc) is 2.78. The van der Waals surface area contributed by atoms with Crippen molar-refractivity contribution >= 4 is 29.2 Å². The molecule has 0 saturated heterocycles. The number of amides is 1. The van der Waals surface area contributed by atoms with Gasteiger partial charge in [0.2, 0.25) is 0 Å². The van der Waals surface area contributed by atoms with E-state index in [0.717, 1.165) is 5.56 Å². The molecule has 1 N–H and O–H groups in total. The van der Waals surface area contributed by atoms with Crippen LogP contribution in [0.5, 0.6) is 5.75 Å². The van der Waals surface area contributed by atoms with Gasteiger partial charge in [-0.3, -0.25) is 4.79 Å². The van der Waals surface area contributed by atoms with Gasteiger partial charge in [-0.15, -0.1) is 0 Å².